The van der Waals surface area contributed by atoms with E-state index in [9.17, 15) is 4.39 Å². The highest BCUT2D eigenvalue weighted by atomic mass is 79.9. The average molecular weight is 297 g/mol. The van der Waals surface area contributed by atoms with Gasteiger partial charge in [-0.3, -0.25) is 0 Å². The lowest BCUT2D eigenvalue weighted by Crippen LogP contribution is -2.00. The number of para-hydroxylation sites is 1. The van der Waals surface area contributed by atoms with E-state index >= 15 is 0 Å². The fourth-order valence-corrected chi connectivity index (χ4v) is 1.85. The number of ether oxygens (including phenoxy) is 1. The van der Waals surface area contributed by atoms with Gasteiger partial charge in [0.1, 0.15) is 16.7 Å². The molecule has 0 aliphatic carbocycles. The van der Waals surface area contributed by atoms with Gasteiger partial charge in [-0.25, -0.2) is 14.4 Å². The van der Waals surface area contributed by atoms with Crippen LogP contribution in [0.25, 0.3) is 0 Å². The van der Waals surface area contributed by atoms with Crippen LogP contribution in [0.5, 0.6) is 5.75 Å². The molecule has 0 atom stereocenters. The van der Waals surface area contributed by atoms with Crippen LogP contribution >= 0.6 is 15.9 Å². The SMILES string of the molecule is COc1ccccc1Cc1ncnc(Br)c1F. The number of methoxy groups -OCH3 is 1. The number of halogens is 2. The lowest BCUT2D eigenvalue weighted by molar-refractivity contribution is 0.410. The smallest absolute Gasteiger partial charge is 0.177 e. The second kappa shape index (κ2) is 5.23. The van der Waals surface area contributed by atoms with Crippen molar-refractivity contribution in [1.82, 2.24) is 9.97 Å². The molecule has 1 heterocycles. The van der Waals surface area contributed by atoms with Gasteiger partial charge in [0.15, 0.2) is 5.82 Å². The largest absolute Gasteiger partial charge is 0.496 e. The zero-order valence-corrected chi connectivity index (χ0v) is 10.7. The first-order chi connectivity index (χ1) is 8.22. The van der Waals surface area contributed by atoms with Crippen LogP contribution < -0.4 is 4.74 Å². The van der Waals surface area contributed by atoms with Crippen molar-refractivity contribution in [1.29, 1.82) is 0 Å². The number of rotatable bonds is 3. The first-order valence-corrected chi connectivity index (χ1v) is 5.78. The number of aromatic nitrogens is 2. The Morgan fingerprint density at radius 1 is 1.29 bits per heavy atom. The lowest BCUT2D eigenvalue weighted by atomic mass is 10.1. The van der Waals surface area contributed by atoms with Crippen molar-refractivity contribution in [2.75, 3.05) is 7.11 Å². The molecule has 0 amide bonds. The number of hydrogen-bond donors (Lipinski definition) is 0. The van der Waals surface area contributed by atoms with Gasteiger partial charge in [-0.05, 0) is 22.0 Å². The maximum Gasteiger partial charge on any atom is 0.177 e. The molecule has 0 saturated carbocycles. The summed E-state index contributed by atoms with van der Waals surface area (Å²) in [5, 5.41) is 0. The highest BCUT2D eigenvalue weighted by molar-refractivity contribution is 9.10. The molecule has 2 rings (SSSR count). The Morgan fingerprint density at radius 2 is 2.06 bits per heavy atom. The predicted octanol–water partition coefficient (Wildman–Crippen LogP) is 2.98. The molecule has 0 bridgehead atoms. The Hall–Kier alpha value is -1.49. The fourth-order valence-electron chi connectivity index (χ4n) is 1.53. The second-order valence-electron chi connectivity index (χ2n) is 3.41. The van der Waals surface area contributed by atoms with Gasteiger partial charge in [-0.1, -0.05) is 18.2 Å². The summed E-state index contributed by atoms with van der Waals surface area (Å²) in [6.07, 6.45) is 1.70. The first-order valence-electron chi connectivity index (χ1n) is 4.99. The summed E-state index contributed by atoms with van der Waals surface area (Å²) in [6.45, 7) is 0. The monoisotopic (exact) mass is 296 g/mol. The molecule has 0 fully saturated rings. The third-order valence-electron chi connectivity index (χ3n) is 2.37. The molecule has 5 heteroatoms. The van der Waals surface area contributed by atoms with Crippen LogP contribution in [0.3, 0.4) is 0 Å². The Balaban J connectivity index is 2.35. The summed E-state index contributed by atoms with van der Waals surface area (Å²) in [5.41, 5.74) is 1.23. The summed E-state index contributed by atoms with van der Waals surface area (Å²) < 4.78 is 19.1. The maximum absolute atomic E-state index is 13.7. The van der Waals surface area contributed by atoms with E-state index in [0.717, 1.165) is 11.3 Å². The molecular weight excluding hydrogens is 287 g/mol. The van der Waals surface area contributed by atoms with Crippen molar-refractivity contribution in [3.05, 3.63) is 52.3 Å². The average Bonchev–Trinajstić information content (AvgIpc) is 2.35. The van der Waals surface area contributed by atoms with Crippen molar-refractivity contribution in [2.24, 2.45) is 0 Å². The van der Waals surface area contributed by atoms with Crippen LogP contribution in [0.1, 0.15) is 11.3 Å². The van der Waals surface area contributed by atoms with Gasteiger partial charge in [-0.15, -0.1) is 0 Å². The van der Waals surface area contributed by atoms with Crippen LogP contribution in [0.2, 0.25) is 0 Å². The predicted molar refractivity (Wildman–Crippen MR) is 65.5 cm³/mol. The minimum atomic E-state index is -0.432. The van der Waals surface area contributed by atoms with E-state index in [-0.39, 0.29) is 4.60 Å². The summed E-state index contributed by atoms with van der Waals surface area (Å²) in [4.78, 5) is 7.66. The van der Waals surface area contributed by atoms with Crippen LogP contribution in [0, 0.1) is 5.82 Å². The van der Waals surface area contributed by atoms with Crippen LogP contribution in [-0.2, 0) is 6.42 Å². The van der Waals surface area contributed by atoms with Crippen molar-refractivity contribution in [3.63, 3.8) is 0 Å². The Morgan fingerprint density at radius 3 is 2.82 bits per heavy atom. The first kappa shape index (κ1) is 12.0. The molecule has 0 N–H and O–H groups in total. The molecule has 0 aliphatic heterocycles. The molecule has 88 valence electrons. The quantitative estimate of drug-likeness (QED) is 0.817. The maximum atomic E-state index is 13.7. The number of nitrogens with zero attached hydrogens (tertiary/aromatic N) is 2. The fraction of sp³-hybridized carbons (Fsp3) is 0.167. The summed E-state index contributed by atoms with van der Waals surface area (Å²) in [5.74, 6) is 0.292. The van der Waals surface area contributed by atoms with Crippen molar-refractivity contribution >= 4 is 15.9 Å². The second-order valence-corrected chi connectivity index (χ2v) is 4.16. The number of benzene rings is 1. The van der Waals surface area contributed by atoms with Gasteiger partial charge in [-0.2, -0.15) is 0 Å². The molecule has 1 aromatic heterocycles. The topological polar surface area (TPSA) is 35.0 Å². The Kier molecular flexibility index (Phi) is 3.68. The lowest BCUT2D eigenvalue weighted by Gasteiger charge is -2.08. The normalized spacial score (nSPS) is 10.3. The molecule has 3 nitrogen and oxygen atoms in total. The van der Waals surface area contributed by atoms with E-state index in [4.69, 9.17) is 4.74 Å². The standard InChI is InChI=1S/C12H10BrFN2O/c1-17-10-5-3-2-4-8(10)6-9-11(14)12(13)16-7-15-9/h2-5,7H,6H2,1H3. The van der Waals surface area contributed by atoms with Crippen molar-refractivity contribution < 1.29 is 9.13 Å². The summed E-state index contributed by atoms with van der Waals surface area (Å²) in [7, 11) is 1.59. The Bertz CT molecular complexity index is 534. The van der Waals surface area contributed by atoms with E-state index < -0.39 is 5.82 Å². The van der Waals surface area contributed by atoms with Gasteiger partial charge in [0.25, 0.3) is 0 Å². The Labute approximate surface area is 107 Å². The highest BCUT2D eigenvalue weighted by Crippen LogP contribution is 2.22. The molecule has 0 spiro atoms. The van der Waals surface area contributed by atoms with E-state index in [0.29, 0.717) is 12.1 Å². The number of hydrogen-bond acceptors (Lipinski definition) is 3. The van der Waals surface area contributed by atoms with E-state index in [1.807, 2.05) is 24.3 Å². The molecule has 2 aromatic rings. The minimum Gasteiger partial charge on any atom is -0.496 e. The summed E-state index contributed by atoms with van der Waals surface area (Å²) in [6, 6.07) is 7.47. The summed E-state index contributed by atoms with van der Waals surface area (Å²) >= 11 is 3.04. The molecule has 17 heavy (non-hydrogen) atoms. The zero-order valence-electron chi connectivity index (χ0n) is 9.15. The van der Waals surface area contributed by atoms with Gasteiger partial charge >= 0.3 is 0 Å². The minimum absolute atomic E-state index is 0.178. The molecule has 0 unspecified atom stereocenters. The van der Waals surface area contributed by atoms with Crippen molar-refractivity contribution in [3.8, 4) is 5.75 Å². The third-order valence-corrected chi connectivity index (χ3v) is 2.92. The van der Waals surface area contributed by atoms with Crippen LogP contribution in [0.4, 0.5) is 4.39 Å². The molecule has 0 radical (unpaired) electrons. The molecular formula is C12H10BrFN2O. The van der Waals surface area contributed by atoms with Crippen LogP contribution in [0.15, 0.2) is 35.2 Å². The highest BCUT2D eigenvalue weighted by Gasteiger charge is 2.11. The third kappa shape index (κ3) is 2.61. The van der Waals surface area contributed by atoms with Crippen LogP contribution in [-0.4, -0.2) is 17.1 Å². The zero-order chi connectivity index (χ0) is 12.3. The molecule has 0 aliphatic rings. The van der Waals surface area contributed by atoms with Gasteiger partial charge in [0.2, 0.25) is 0 Å². The van der Waals surface area contributed by atoms with E-state index in [1.165, 1.54) is 6.33 Å². The van der Waals surface area contributed by atoms with Gasteiger partial charge < -0.3 is 4.74 Å². The molecule has 1 aromatic carbocycles. The van der Waals surface area contributed by atoms with Gasteiger partial charge in [0, 0.05) is 12.0 Å². The van der Waals surface area contributed by atoms with Crippen molar-refractivity contribution in [2.45, 2.75) is 6.42 Å². The molecule has 0 saturated heterocycles. The van der Waals surface area contributed by atoms with Gasteiger partial charge in [0.05, 0.1) is 12.8 Å². The van der Waals surface area contributed by atoms with E-state index in [1.54, 1.807) is 7.11 Å². The van der Waals surface area contributed by atoms with E-state index in [2.05, 4.69) is 25.9 Å².